The minimum Gasteiger partial charge on any atom is -0.354 e. The van der Waals surface area contributed by atoms with Gasteiger partial charge in [0.2, 0.25) is 5.95 Å². The second-order valence-corrected chi connectivity index (χ2v) is 5.69. The second kappa shape index (κ2) is 8.84. The molecule has 0 aliphatic rings. The third-order valence-corrected chi connectivity index (χ3v) is 3.63. The van der Waals surface area contributed by atoms with Gasteiger partial charge < -0.3 is 15.6 Å². The lowest BCUT2D eigenvalue weighted by atomic mass is 10.1. The lowest BCUT2D eigenvalue weighted by Gasteiger charge is -2.09. The quantitative estimate of drug-likeness (QED) is 0.670. The Morgan fingerprint density at radius 1 is 1.21 bits per heavy atom. The van der Waals surface area contributed by atoms with Gasteiger partial charge in [-0.3, -0.25) is 4.98 Å². The molecular weight excluding hydrogens is 298 g/mol. The number of hydrogen-bond donors (Lipinski definition) is 3. The van der Waals surface area contributed by atoms with Crippen LogP contribution in [0.3, 0.4) is 0 Å². The Morgan fingerprint density at radius 3 is 2.50 bits per heavy atom. The maximum Gasteiger partial charge on any atom is 0.201 e. The number of imidazole rings is 1. The molecule has 0 saturated carbocycles. The van der Waals surface area contributed by atoms with E-state index in [2.05, 4.69) is 39.1 Å². The van der Waals surface area contributed by atoms with Crippen LogP contribution in [-0.4, -0.2) is 34.6 Å². The molecule has 1 unspecified atom stereocenters. The summed E-state index contributed by atoms with van der Waals surface area (Å²) in [6.07, 6.45) is 3.54. The summed E-state index contributed by atoms with van der Waals surface area (Å²) in [5.74, 6) is 0.832. The van der Waals surface area contributed by atoms with Crippen molar-refractivity contribution in [2.45, 2.75) is 19.9 Å². The number of fused-ring (bicyclic) bond motifs is 1. The summed E-state index contributed by atoms with van der Waals surface area (Å²) in [6.45, 7) is 8.76. The zero-order chi connectivity index (χ0) is 17.4. The Bertz CT molecular complexity index is 731. The molecule has 1 atom stereocenters. The SMILES string of the molecule is C=C(C)c1ccncc1.CNC(C)CNc1nc2ccccc2[nH]1. The van der Waals surface area contributed by atoms with Gasteiger partial charge in [0.25, 0.3) is 0 Å². The van der Waals surface area contributed by atoms with E-state index in [0.29, 0.717) is 6.04 Å². The van der Waals surface area contributed by atoms with E-state index in [-0.39, 0.29) is 0 Å². The fourth-order valence-corrected chi connectivity index (χ4v) is 2.02. The summed E-state index contributed by atoms with van der Waals surface area (Å²) < 4.78 is 0. The van der Waals surface area contributed by atoms with Gasteiger partial charge in [-0.1, -0.05) is 24.3 Å². The summed E-state index contributed by atoms with van der Waals surface area (Å²) in [5, 5.41) is 6.42. The maximum atomic E-state index is 4.42. The molecule has 1 aromatic carbocycles. The highest BCUT2D eigenvalue weighted by molar-refractivity contribution is 5.77. The Morgan fingerprint density at radius 2 is 1.92 bits per heavy atom. The van der Waals surface area contributed by atoms with Gasteiger partial charge >= 0.3 is 0 Å². The first-order valence-electron chi connectivity index (χ1n) is 8.02. The molecule has 0 amide bonds. The van der Waals surface area contributed by atoms with Crippen molar-refractivity contribution in [3.8, 4) is 0 Å². The van der Waals surface area contributed by atoms with Crippen LogP contribution >= 0.6 is 0 Å². The largest absolute Gasteiger partial charge is 0.354 e. The van der Waals surface area contributed by atoms with Gasteiger partial charge in [-0.2, -0.15) is 0 Å². The van der Waals surface area contributed by atoms with E-state index in [4.69, 9.17) is 0 Å². The van der Waals surface area contributed by atoms with Gasteiger partial charge in [-0.15, -0.1) is 0 Å². The second-order valence-electron chi connectivity index (χ2n) is 5.69. The van der Waals surface area contributed by atoms with Crippen LogP contribution in [0.4, 0.5) is 5.95 Å². The molecule has 3 aromatic rings. The highest BCUT2D eigenvalue weighted by Gasteiger charge is 2.02. The van der Waals surface area contributed by atoms with Crippen molar-refractivity contribution in [1.82, 2.24) is 20.3 Å². The van der Waals surface area contributed by atoms with Crippen molar-refractivity contribution in [2.75, 3.05) is 18.9 Å². The van der Waals surface area contributed by atoms with E-state index in [1.165, 1.54) is 0 Å². The summed E-state index contributed by atoms with van der Waals surface area (Å²) in [7, 11) is 1.95. The number of aromatic nitrogens is 3. The first-order chi connectivity index (χ1) is 11.6. The molecule has 0 aliphatic heterocycles. The number of H-pyrrole nitrogens is 1. The van der Waals surface area contributed by atoms with E-state index < -0.39 is 0 Å². The predicted octanol–water partition coefficient (Wildman–Crippen LogP) is 3.70. The fourth-order valence-electron chi connectivity index (χ4n) is 2.02. The minimum absolute atomic E-state index is 0.429. The molecule has 0 bridgehead atoms. The van der Waals surface area contributed by atoms with Crippen molar-refractivity contribution >= 4 is 22.6 Å². The molecule has 0 spiro atoms. The Balaban J connectivity index is 0.000000198. The Hall–Kier alpha value is -2.66. The van der Waals surface area contributed by atoms with Crippen LogP contribution in [0.15, 0.2) is 55.4 Å². The van der Waals surface area contributed by atoms with Crippen molar-refractivity contribution in [1.29, 1.82) is 0 Å². The van der Waals surface area contributed by atoms with E-state index in [1.807, 2.05) is 50.4 Å². The topological polar surface area (TPSA) is 65.6 Å². The molecule has 5 heteroatoms. The van der Waals surface area contributed by atoms with Crippen LogP contribution in [0, 0.1) is 0 Å². The first kappa shape index (κ1) is 17.7. The van der Waals surface area contributed by atoms with E-state index in [9.17, 15) is 0 Å². The monoisotopic (exact) mass is 323 g/mol. The first-order valence-corrected chi connectivity index (χ1v) is 8.02. The average molecular weight is 323 g/mol. The van der Waals surface area contributed by atoms with Crippen molar-refractivity contribution in [3.05, 3.63) is 60.9 Å². The van der Waals surface area contributed by atoms with Crippen LogP contribution in [0.2, 0.25) is 0 Å². The van der Waals surface area contributed by atoms with Crippen molar-refractivity contribution < 1.29 is 0 Å². The van der Waals surface area contributed by atoms with Gasteiger partial charge in [0.15, 0.2) is 0 Å². The number of pyridine rings is 1. The van der Waals surface area contributed by atoms with Crippen LogP contribution in [0.25, 0.3) is 16.6 Å². The smallest absolute Gasteiger partial charge is 0.201 e. The number of benzene rings is 1. The summed E-state index contributed by atoms with van der Waals surface area (Å²) >= 11 is 0. The van der Waals surface area contributed by atoms with E-state index >= 15 is 0 Å². The average Bonchev–Trinajstić information content (AvgIpc) is 3.04. The van der Waals surface area contributed by atoms with Gasteiger partial charge in [0.1, 0.15) is 0 Å². The third-order valence-electron chi connectivity index (χ3n) is 3.63. The molecule has 0 aliphatic carbocycles. The summed E-state index contributed by atoms with van der Waals surface area (Å²) in [4.78, 5) is 11.5. The molecule has 5 nitrogen and oxygen atoms in total. The van der Waals surface area contributed by atoms with Crippen LogP contribution in [0.5, 0.6) is 0 Å². The number of para-hydroxylation sites is 2. The van der Waals surface area contributed by atoms with Gasteiger partial charge in [0, 0.05) is 25.0 Å². The number of allylic oxidation sites excluding steroid dienone is 1. The molecule has 126 valence electrons. The summed E-state index contributed by atoms with van der Waals surface area (Å²) in [6, 6.07) is 12.3. The number of nitrogens with zero attached hydrogens (tertiary/aromatic N) is 2. The normalized spacial score (nSPS) is 11.5. The molecule has 0 fully saturated rings. The number of hydrogen-bond acceptors (Lipinski definition) is 4. The number of likely N-dealkylation sites (N-methyl/N-ethyl adjacent to an activating group) is 1. The lowest BCUT2D eigenvalue weighted by Crippen LogP contribution is -2.29. The van der Waals surface area contributed by atoms with Crippen molar-refractivity contribution in [2.24, 2.45) is 0 Å². The molecular formula is C19H25N5. The number of rotatable bonds is 5. The molecule has 0 radical (unpaired) electrons. The number of anilines is 1. The minimum atomic E-state index is 0.429. The maximum absolute atomic E-state index is 4.42. The fraction of sp³-hybridized carbons (Fsp3) is 0.263. The van der Waals surface area contributed by atoms with E-state index in [0.717, 1.165) is 34.7 Å². The lowest BCUT2D eigenvalue weighted by molar-refractivity contribution is 0.636. The zero-order valence-corrected chi connectivity index (χ0v) is 14.5. The molecule has 24 heavy (non-hydrogen) atoms. The predicted molar refractivity (Wildman–Crippen MR) is 102 cm³/mol. The molecule has 3 rings (SSSR count). The highest BCUT2D eigenvalue weighted by atomic mass is 15.1. The molecule has 3 N–H and O–H groups in total. The van der Waals surface area contributed by atoms with Gasteiger partial charge in [0.05, 0.1) is 11.0 Å². The van der Waals surface area contributed by atoms with Gasteiger partial charge in [-0.05, 0) is 50.7 Å². The van der Waals surface area contributed by atoms with Crippen LogP contribution in [0.1, 0.15) is 19.4 Å². The van der Waals surface area contributed by atoms with E-state index in [1.54, 1.807) is 12.4 Å². The number of aromatic amines is 1. The Labute approximate surface area is 143 Å². The standard InChI is InChI=1S/C11H16N4.C8H9N/c1-8(12-2)7-13-11-14-9-5-3-4-6-10(9)15-11;1-7(2)8-3-5-9-6-4-8/h3-6,8,12H,7H2,1-2H3,(H2,13,14,15);3-6H,1H2,2H3. The highest BCUT2D eigenvalue weighted by Crippen LogP contribution is 2.12. The van der Waals surface area contributed by atoms with Crippen LogP contribution < -0.4 is 10.6 Å². The third kappa shape index (κ3) is 5.21. The molecule has 0 saturated heterocycles. The number of nitrogens with one attached hydrogen (secondary N) is 3. The van der Waals surface area contributed by atoms with Gasteiger partial charge in [-0.25, -0.2) is 4.98 Å². The van der Waals surface area contributed by atoms with Crippen LogP contribution in [-0.2, 0) is 0 Å². The van der Waals surface area contributed by atoms with Crippen molar-refractivity contribution in [3.63, 3.8) is 0 Å². The Kier molecular flexibility index (Phi) is 6.51. The molecule has 2 heterocycles. The summed E-state index contributed by atoms with van der Waals surface area (Å²) in [5.41, 5.74) is 4.30. The molecule has 2 aromatic heterocycles. The zero-order valence-electron chi connectivity index (χ0n) is 14.5.